The molecule has 0 radical (unpaired) electrons. The first-order chi connectivity index (χ1) is 14.3. The molecular formula is C23H35N3O3Si. The highest BCUT2D eigenvalue weighted by Gasteiger charge is 2.44. The van der Waals surface area contributed by atoms with Gasteiger partial charge in [0.25, 0.3) is 0 Å². The zero-order chi connectivity index (χ0) is 22.1. The van der Waals surface area contributed by atoms with E-state index in [1.54, 1.807) is 18.3 Å². The van der Waals surface area contributed by atoms with Crippen molar-refractivity contribution in [3.8, 4) is 5.88 Å². The first-order valence-electron chi connectivity index (χ1n) is 10.6. The minimum atomic E-state index is -1.96. The van der Waals surface area contributed by atoms with Crippen LogP contribution in [0.15, 0.2) is 54.7 Å². The Labute approximate surface area is 181 Å². The summed E-state index contributed by atoms with van der Waals surface area (Å²) in [5.41, 5.74) is 2.13. The Hall–Kier alpha value is -2.38. The molecule has 164 valence electrons. The summed E-state index contributed by atoms with van der Waals surface area (Å²) in [5, 5.41) is 4.14. The van der Waals surface area contributed by atoms with Crippen LogP contribution in [0.25, 0.3) is 0 Å². The van der Waals surface area contributed by atoms with Crippen LogP contribution in [0, 0.1) is 0 Å². The number of anilines is 1. The number of hydroxylamine groups is 1. The van der Waals surface area contributed by atoms with Crippen molar-refractivity contribution < 1.29 is 14.1 Å². The largest absolute Gasteiger partial charge is 0.414 e. The molecule has 1 aromatic heterocycles. The lowest BCUT2D eigenvalue weighted by Crippen LogP contribution is -2.50. The standard InChI is InChI=1S/C23H35N3O3Si/c1-18(2)30(19(3)4,20(5)6)28-17-16-25-23(27)26(21-12-8-7-9-13-21)29-22-14-10-11-15-24-22/h7-15,18-20H,16-17H2,1-6H3,(H,25,27). The molecule has 7 heteroatoms. The van der Waals surface area contributed by atoms with Crippen LogP contribution >= 0.6 is 0 Å². The van der Waals surface area contributed by atoms with Crippen molar-refractivity contribution in [1.29, 1.82) is 0 Å². The second kappa shape index (κ2) is 11.1. The topological polar surface area (TPSA) is 63.7 Å². The minimum Gasteiger partial charge on any atom is -0.414 e. The van der Waals surface area contributed by atoms with Gasteiger partial charge in [0, 0.05) is 18.8 Å². The number of urea groups is 1. The monoisotopic (exact) mass is 429 g/mol. The molecule has 0 bridgehead atoms. The molecular weight excluding hydrogens is 394 g/mol. The molecule has 0 spiro atoms. The number of carbonyl (C=O) groups excluding carboxylic acids is 1. The van der Waals surface area contributed by atoms with E-state index >= 15 is 0 Å². The van der Waals surface area contributed by atoms with Gasteiger partial charge in [-0.1, -0.05) is 65.8 Å². The van der Waals surface area contributed by atoms with Gasteiger partial charge in [0.15, 0.2) is 8.32 Å². The van der Waals surface area contributed by atoms with Crippen molar-refractivity contribution in [2.45, 2.75) is 58.2 Å². The van der Waals surface area contributed by atoms with Crippen LogP contribution in [-0.2, 0) is 4.43 Å². The average molecular weight is 430 g/mol. The molecule has 2 aromatic rings. The van der Waals surface area contributed by atoms with Crippen molar-refractivity contribution in [2.24, 2.45) is 0 Å². The first-order valence-corrected chi connectivity index (χ1v) is 12.8. The fourth-order valence-electron chi connectivity index (χ4n) is 4.23. The lowest BCUT2D eigenvalue weighted by Gasteiger charge is -2.42. The average Bonchev–Trinajstić information content (AvgIpc) is 2.72. The van der Waals surface area contributed by atoms with Gasteiger partial charge in [-0.2, -0.15) is 0 Å². The summed E-state index contributed by atoms with van der Waals surface area (Å²) in [7, 11) is -1.96. The maximum absolute atomic E-state index is 12.9. The lowest BCUT2D eigenvalue weighted by atomic mass is 10.3. The predicted molar refractivity (Wildman–Crippen MR) is 124 cm³/mol. The van der Waals surface area contributed by atoms with Crippen molar-refractivity contribution >= 4 is 20.0 Å². The van der Waals surface area contributed by atoms with E-state index < -0.39 is 8.32 Å². The molecule has 2 rings (SSSR count). The Bertz CT molecular complexity index is 748. The maximum atomic E-state index is 12.9. The molecule has 30 heavy (non-hydrogen) atoms. The fraction of sp³-hybridized carbons (Fsp3) is 0.478. The predicted octanol–water partition coefficient (Wildman–Crippen LogP) is 5.78. The number of carbonyl (C=O) groups is 1. The molecule has 1 aromatic carbocycles. The van der Waals surface area contributed by atoms with Gasteiger partial charge in [0.1, 0.15) is 0 Å². The Balaban J connectivity index is 2.04. The van der Waals surface area contributed by atoms with E-state index in [2.05, 4.69) is 51.8 Å². The molecule has 2 amide bonds. The number of pyridine rings is 1. The molecule has 0 saturated carbocycles. The van der Waals surface area contributed by atoms with Gasteiger partial charge >= 0.3 is 6.03 Å². The third-order valence-electron chi connectivity index (χ3n) is 5.44. The number of amides is 2. The highest BCUT2D eigenvalue weighted by molar-refractivity contribution is 6.77. The van der Waals surface area contributed by atoms with E-state index in [1.807, 2.05) is 36.4 Å². The van der Waals surface area contributed by atoms with E-state index in [0.29, 0.717) is 41.3 Å². The van der Waals surface area contributed by atoms with Crippen LogP contribution in [0.1, 0.15) is 41.5 Å². The highest BCUT2D eigenvalue weighted by atomic mass is 28.4. The number of aromatic nitrogens is 1. The molecule has 0 aliphatic heterocycles. The van der Waals surface area contributed by atoms with Gasteiger partial charge in [-0.25, -0.2) is 9.78 Å². The van der Waals surface area contributed by atoms with Crippen LogP contribution in [0.4, 0.5) is 10.5 Å². The maximum Gasteiger partial charge on any atom is 0.355 e. The number of benzene rings is 1. The second-order valence-corrected chi connectivity index (χ2v) is 13.7. The van der Waals surface area contributed by atoms with Gasteiger partial charge in [-0.15, -0.1) is 5.06 Å². The number of hydrogen-bond acceptors (Lipinski definition) is 4. The van der Waals surface area contributed by atoms with Gasteiger partial charge < -0.3 is 14.6 Å². The number of nitrogens with zero attached hydrogens (tertiary/aromatic N) is 2. The molecule has 1 heterocycles. The zero-order valence-corrected chi connectivity index (χ0v) is 20.0. The molecule has 0 saturated heterocycles. The van der Waals surface area contributed by atoms with E-state index in [-0.39, 0.29) is 6.03 Å². The third kappa shape index (κ3) is 5.83. The molecule has 0 aliphatic rings. The Morgan fingerprint density at radius 3 is 2.10 bits per heavy atom. The molecule has 1 N–H and O–H groups in total. The van der Waals surface area contributed by atoms with Gasteiger partial charge in [-0.05, 0) is 34.8 Å². The molecule has 0 aliphatic carbocycles. The Morgan fingerprint density at radius 2 is 1.57 bits per heavy atom. The SMILES string of the molecule is CC(C)[Si](OCCNC(=O)N(Oc1ccccn1)c1ccccc1)(C(C)C)C(C)C. The summed E-state index contributed by atoms with van der Waals surface area (Å²) in [5.74, 6) is 0.346. The molecule has 0 fully saturated rings. The van der Waals surface area contributed by atoms with E-state index in [0.717, 1.165) is 0 Å². The molecule has 0 unspecified atom stereocenters. The van der Waals surface area contributed by atoms with Gasteiger partial charge in [-0.3, -0.25) is 0 Å². The number of para-hydroxylation sites is 1. The van der Waals surface area contributed by atoms with Crippen LogP contribution in [0.2, 0.25) is 16.6 Å². The number of rotatable bonds is 10. The minimum absolute atomic E-state index is 0.346. The van der Waals surface area contributed by atoms with Crippen molar-refractivity contribution in [2.75, 3.05) is 18.2 Å². The van der Waals surface area contributed by atoms with Crippen LogP contribution in [0.5, 0.6) is 5.88 Å². The van der Waals surface area contributed by atoms with E-state index in [1.165, 1.54) is 5.06 Å². The number of nitrogens with one attached hydrogen (secondary N) is 1. The lowest BCUT2D eigenvalue weighted by molar-refractivity contribution is 0.206. The van der Waals surface area contributed by atoms with Gasteiger partial charge in [0.05, 0.1) is 12.3 Å². The smallest absolute Gasteiger partial charge is 0.355 e. The summed E-state index contributed by atoms with van der Waals surface area (Å²) < 4.78 is 6.52. The fourth-order valence-corrected chi connectivity index (χ4v) is 9.68. The van der Waals surface area contributed by atoms with Gasteiger partial charge in [0.2, 0.25) is 5.88 Å². The van der Waals surface area contributed by atoms with Crippen molar-refractivity contribution in [1.82, 2.24) is 10.3 Å². The molecule has 0 atom stereocenters. The first kappa shape index (κ1) is 23.9. The summed E-state index contributed by atoms with van der Waals surface area (Å²) in [4.78, 5) is 22.8. The van der Waals surface area contributed by atoms with Crippen molar-refractivity contribution in [3.63, 3.8) is 0 Å². The summed E-state index contributed by atoms with van der Waals surface area (Å²) in [6.45, 7) is 14.4. The Kier molecular flexibility index (Phi) is 8.86. The normalized spacial score (nSPS) is 11.8. The van der Waals surface area contributed by atoms with E-state index in [4.69, 9.17) is 9.26 Å². The zero-order valence-electron chi connectivity index (χ0n) is 19.0. The second-order valence-electron chi connectivity index (χ2n) is 8.29. The summed E-state index contributed by atoms with van der Waals surface area (Å²) in [6.07, 6.45) is 1.62. The van der Waals surface area contributed by atoms with Crippen LogP contribution in [0.3, 0.4) is 0 Å². The third-order valence-corrected chi connectivity index (χ3v) is 11.6. The summed E-state index contributed by atoms with van der Waals surface area (Å²) in [6, 6.07) is 14.2. The Morgan fingerprint density at radius 1 is 0.967 bits per heavy atom. The van der Waals surface area contributed by atoms with Crippen LogP contribution in [-0.4, -0.2) is 32.5 Å². The highest BCUT2D eigenvalue weighted by Crippen LogP contribution is 2.42. The van der Waals surface area contributed by atoms with Crippen LogP contribution < -0.4 is 15.2 Å². The number of hydrogen-bond donors (Lipinski definition) is 1. The van der Waals surface area contributed by atoms with Crippen molar-refractivity contribution in [3.05, 3.63) is 54.7 Å². The molecule has 6 nitrogen and oxygen atoms in total. The van der Waals surface area contributed by atoms with E-state index in [9.17, 15) is 4.79 Å². The summed E-state index contributed by atoms with van der Waals surface area (Å²) >= 11 is 0. The quantitative estimate of drug-likeness (QED) is 0.295.